The summed E-state index contributed by atoms with van der Waals surface area (Å²) in [5.41, 5.74) is 5.10. The molecular weight excluding hydrogens is 154 g/mol. The predicted molar refractivity (Wildman–Crippen MR) is 49.8 cm³/mol. The second kappa shape index (κ2) is 5.97. The van der Waals surface area contributed by atoms with Gasteiger partial charge < -0.3 is 11.1 Å². The van der Waals surface area contributed by atoms with Crippen LogP contribution < -0.4 is 11.1 Å². The lowest BCUT2D eigenvalue weighted by atomic mass is 10.3. The molecule has 0 radical (unpaired) electrons. The van der Waals surface area contributed by atoms with Gasteiger partial charge in [-0.15, -0.1) is 0 Å². The number of likely N-dealkylation sites (N-methyl/N-ethyl adjacent to an activating group) is 1. The van der Waals surface area contributed by atoms with Crippen LogP contribution in [0.1, 0.15) is 13.8 Å². The van der Waals surface area contributed by atoms with Crippen molar-refractivity contribution >= 4 is 5.91 Å². The molecule has 0 aromatic carbocycles. The highest BCUT2D eigenvalue weighted by Crippen LogP contribution is 1.95. The minimum Gasteiger partial charge on any atom is -0.369 e. The number of carbonyl (C=O) groups excluding carboxylic acids is 1. The first-order chi connectivity index (χ1) is 5.57. The molecule has 0 fully saturated rings. The van der Waals surface area contributed by atoms with Crippen molar-refractivity contribution < 1.29 is 4.79 Å². The topological polar surface area (TPSA) is 58.4 Å². The van der Waals surface area contributed by atoms with Gasteiger partial charge in [0, 0.05) is 19.1 Å². The van der Waals surface area contributed by atoms with Gasteiger partial charge in [-0.05, 0) is 20.9 Å². The summed E-state index contributed by atoms with van der Waals surface area (Å²) in [5, 5.41) is 3.03. The summed E-state index contributed by atoms with van der Waals surface area (Å²) < 4.78 is 0. The molecule has 0 aromatic rings. The van der Waals surface area contributed by atoms with Crippen LogP contribution in [0.25, 0.3) is 0 Å². The molecular formula is C8H19N3O. The van der Waals surface area contributed by atoms with E-state index in [1.54, 1.807) is 0 Å². The zero-order chi connectivity index (χ0) is 9.56. The van der Waals surface area contributed by atoms with Crippen molar-refractivity contribution in [3.63, 3.8) is 0 Å². The lowest BCUT2D eigenvalue weighted by Gasteiger charge is -2.24. The molecule has 0 rings (SSSR count). The van der Waals surface area contributed by atoms with Crippen LogP contribution >= 0.6 is 0 Å². The van der Waals surface area contributed by atoms with Crippen LogP contribution in [0, 0.1) is 0 Å². The smallest absolute Gasteiger partial charge is 0.231 e. The lowest BCUT2D eigenvalue weighted by Crippen LogP contribution is -2.41. The number of nitrogens with one attached hydrogen (secondary N) is 1. The first-order valence-electron chi connectivity index (χ1n) is 4.25. The number of amides is 1. The van der Waals surface area contributed by atoms with Crippen LogP contribution in [-0.4, -0.2) is 43.5 Å². The van der Waals surface area contributed by atoms with E-state index in [4.69, 9.17) is 5.73 Å². The molecule has 4 nitrogen and oxygen atoms in total. The van der Waals surface area contributed by atoms with Gasteiger partial charge in [-0.2, -0.15) is 0 Å². The van der Waals surface area contributed by atoms with Crippen molar-refractivity contribution in [3.8, 4) is 0 Å². The highest BCUT2D eigenvalue weighted by Gasteiger charge is 2.10. The van der Waals surface area contributed by atoms with Crippen LogP contribution in [0.15, 0.2) is 0 Å². The number of nitrogens with zero attached hydrogens (tertiary/aromatic N) is 1. The van der Waals surface area contributed by atoms with E-state index in [1.807, 2.05) is 11.9 Å². The van der Waals surface area contributed by atoms with Crippen LogP contribution in [0.2, 0.25) is 0 Å². The average Bonchev–Trinajstić information content (AvgIpc) is 1.96. The summed E-state index contributed by atoms with van der Waals surface area (Å²) in [6.07, 6.45) is 0. The summed E-state index contributed by atoms with van der Waals surface area (Å²) in [7, 11) is 1.89. The van der Waals surface area contributed by atoms with E-state index in [9.17, 15) is 4.79 Å². The molecule has 4 heteroatoms. The zero-order valence-corrected chi connectivity index (χ0v) is 8.13. The van der Waals surface area contributed by atoms with Crippen molar-refractivity contribution in [2.45, 2.75) is 19.9 Å². The van der Waals surface area contributed by atoms with E-state index >= 15 is 0 Å². The van der Waals surface area contributed by atoms with Crippen LogP contribution in [0.4, 0.5) is 0 Å². The SMILES string of the molecule is CNCCN(CC(N)=O)C(C)C. The Morgan fingerprint density at radius 1 is 1.58 bits per heavy atom. The summed E-state index contributed by atoms with van der Waals surface area (Å²) in [5.74, 6) is -0.264. The second-order valence-corrected chi connectivity index (χ2v) is 3.13. The normalized spacial score (nSPS) is 11.1. The molecule has 0 aliphatic rings. The summed E-state index contributed by atoms with van der Waals surface area (Å²) in [6, 6.07) is 0.367. The van der Waals surface area contributed by atoms with Crippen LogP contribution in [0.3, 0.4) is 0 Å². The third kappa shape index (κ3) is 5.09. The van der Waals surface area contributed by atoms with E-state index in [2.05, 4.69) is 19.2 Å². The number of hydrogen-bond donors (Lipinski definition) is 2. The largest absolute Gasteiger partial charge is 0.369 e. The quantitative estimate of drug-likeness (QED) is 0.564. The maximum atomic E-state index is 10.6. The highest BCUT2D eigenvalue weighted by atomic mass is 16.1. The third-order valence-corrected chi connectivity index (χ3v) is 1.74. The number of carbonyl (C=O) groups is 1. The van der Waals surface area contributed by atoms with Gasteiger partial charge in [0.15, 0.2) is 0 Å². The Kier molecular flexibility index (Phi) is 5.66. The summed E-state index contributed by atoms with van der Waals surface area (Å²) in [4.78, 5) is 12.7. The number of hydrogen-bond acceptors (Lipinski definition) is 3. The molecule has 0 aliphatic heterocycles. The molecule has 0 bridgehead atoms. The van der Waals surface area contributed by atoms with Gasteiger partial charge in [0.05, 0.1) is 6.54 Å². The van der Waals surface area contributed by atoms with Gasteiger partial charge in [0.25, 0.3) is 0 Å². The van der Waals surface area contributed by atoms with Gasteiger partial charge in [-0.3, -0.25) is 9.69 Å². The molecule has 72 valence electrons. The van der Waals surface area contributed by atoms with Crippen LogP contribution in [0.5, 0.6) is 0 Å². The van der Waals surface area contributed by atoms with Crippen LogP contribution in [-0.2, 0) is 4.79 Å². The summed E-state index contributed by atoms with van der Waals surface area (Å²) >= 11 is 0. The monoisotopic (exact) mass is 173 g/mol. The van der Waals surface area contributed by atoms with E-state index in [1.165, 1.54) is 0 Å². The molecule has 0 aromatic heterocycles. The first-order valence-corrected chi connectivity index (χ1v) is 4.25. The standard InChI is InChI=1S/C8H19N3O/c1-7(2)11(5-4-10-3)6-8(9)12/h7,10H,4-6H2,1-3H3,(H2,9,12). The Morgan fingerprint density at radius 3 is 2.50 bits per heavy atom. The maximum absolute atomic E-state index is 10.6. The van der Waals surface area contributed by atoms with Crippen molar-refractivity contribution in [1.29, 1.82) is 0 Å². The van der Waals surface area contributed by atoms with Crippen molar-refractivity contribution in [1.82, 2.24) is 10.2 Å². The molecule has 3 N–H and O–H groups in total. The molecule has 0 spiro atoms. The van der Waals surface area contributed by atoms with Crippen molar-refractivity contribution in [3.05, 3.63) is 0 Å². The zero-order valence-electron chi connectivity index (χ0n) is 8.13. The fourth-order valence-electron chi connectivity index (χ4n) is 0.975. The third-order valence-electron chi connectivity index (χ3n) is 1.74. The minimum atomic E-state index is -0.264. The van der Waals surface area contributed by atoms with Gasteiger partial charge in [-0.25, -0.2) is 0 Å². The van der Waals surface area contributed by atoms with Gasteiger partial charge >= 0.3 is 0 Å². The number of rotatable bonds is 6. The van der Waals surface area contributed by atoms with Gasteiger partial charge in [0.1, 0.15) is 0 Å². The predicted octanol–water partition coefficient (Wildman–Crippen LogP) is -0.598. The van der Waals surface area contributed by atoms with Crippen molar-refractivity contribution in [2.75, 3.05) is 26.7 Å². The van der Waals surface area contributed by atoms with Gasteiger partial charge in [0.2, 0.25) is 5.91 Å². The molecule has 1 amide bonds. The molecule has 0 atom stereocenters. The fraction of sp³-hybridized carbons (Fsp3) is 0.875. The van der Waals surface area contributed by atoms with E-state index in [-0.39, 0.29) is 5.91 Å². The van der Waals surface area contributed by atoms with E-state index in [0.717, 1.165) is 13.1 Å². The molecule has 0 unspecified atom stereocenters. The Bertz CT molecular complexity index is 136. The highest BCUT2D eigenvalue weighted by molar-refractivity contribution is 5.75. The Hall–Kier alpha value is -0.610. The fourth-order valence-corrected chi connectivity index (χ4v) is 0.975. The average molecular weight is 173 g/mol. The minimum absolute atomic E-state index is 0.264. The van der Waals surface area contributed by atoms with Crippen molar-refractivity contribution in [2.24, 2.45) is 5.73 Å². The first kappa shape index (κ1) is 11.4. The number of nitrogens with two attached hydrogens (primary N) is 1. The Labute approximate surface area is 74.1 Å². The molecule has 0 aliphatic carbocycles. The molecule has 0 heterocycles. The Balaban J connectivity index is 3.78. The maximum Gasteiger partial charge on any atom is 0.231 e. The Morgan fingerprint density at radius 2 is 2.17 bits per heavy atom. The molecule has 12 heavy (non-hydrogen) atoms. The molecule has 0 saturated heterocycles. The lowest BCUT2D eigenvalue weighted by molar-refractivity contribution is -0.119. The second-order valence-electron chi connectivity index (χ2n) is 3.13. The summed E-state index contributed by atoms with van der Waals surface area (Å²) in [6.45, 7) is 6.19. The van der Waals surface area contributed by atoms with Gasteiger partial charge in [-0.1, -0.05) is 0 Å². The number of primary amides is 1. The van der Waals surface area contributed by atoms with E-state index < -0.39 is 0 Å². The molecule has 0 saturated carbocycles. The van der Waals surface area contributed by atoms with E-state index in [0.29, 0.717) is 12.6 Å².